The second kappa shape index (κ2) is 9.01. The number of carbonyl (C=O) groups is 1. The lowest BCUT2D eigenvalue weighted by atomic mass is 9.77. The maximum Gasteiger partial charge on any atom is 0.311 e. The van der Waals surface area contributed by atoms with Crippen molar-refractivity contribution in [1.82, 2.24) is 4.90 Å². The van der Waals surface area contributed by atoms with Gasteiger partial charge in [0.1, 0.15) is 12.4 Å². The molecular weight excluding hydrogens is 310 g/mol. The van der Waals surface area contributed by atoms with Gasteiger partial charge in [-0.2, -0.15) is 0 Å². The Morgan fingerprint density at radius 3 is 2.83 bits per heavy atom. The number of carboxylic acids is 1. The summed E-state index contributed by atoms with van der Waals surface area (Å²) >= 11 is 0. The van der Waals surface area contributed by atoms with Crippen molar-refractivity contribution in [2.45, 2.75) is 25.8 Å². The topological polar surface area (TPSA) is 79.2 Å². The number of methoxy groups -OCH3 is 1. The molecule has 0 radical (unpaired) electrons. The van der Waals surface area contributed by atoms with E-state index in [2.05, 4.69) is 4.90 Å². The zero-order valence-corrected chi connectivity index (χ0v) is 14.2. The molecule has 1 heterocycles. The van der Waals surface area contributed by atoms with E-state index >= 15 is 0 Å². The zero-order chi connectivity index (χ0) is 17.4. The van der Waals surface area contributed by atoms with Gasteiger partial charge in [0.15, 0.2) is 0 Å². The molecule has 0 unspecified atom stereocenters. The van der Waals surface area contributed by atoms with Crippen LogP contribution in [0.1, 0.15) is 24.8 Å². The summed E-state index contributed by atoms with van der Waals surface area (Å²) in [5.74, 6) is 0.00371. The molecule has 1 aliphatic rings. The number of hydrogen-bond acceptors (Lipinski definition) is 5. The Bertz CT molecular complexity index is 536. The highest BCUT2D eigenvalue weighted by molar-refractivity contribution is 5.75. The van der Waals surface area contributed by atoms with Crippen molar-refractivity contribution in [2.24, 2.45) is 5.41 Å². The van der Waals surface area contributed by atoms with Crippen LogP contribution in [0.2, 0.25) is 0 Å². The highest BCUT2D eigenvalue weighted by Crippen LogP contribution is 2.35. The Morgan fingerprint density at radius 2 is 2.12 bits per heavy atom. The first kappa shape index (κ1) is 18.7. The van der Waals surface area contributed by atoms with Gasteiger partial charge in [-0.1, -0.05) is 18.2 Å². The second-order valence-electron chi connectivity index (χ2n) is 6.32. The third kappa shape index (κ3) is 4.69. The number of likely N-dealkylation sites (tertiary alicyclic amines) is 1. The third-order valence-corrected chi connectivity index (χ3v) is 4.61. The minimum absolute atomic E-state index is 0.0306. The number of hydrogen-bond donors (Lipinski definition) is 2. The molecule has 1 aliphatic heterocycles. The van der Waals surface area contributed by atoms with E-state index in [0.29, 0.717) is 32.5 Å². The first-order valence-electron chi connectivity index (χ1n) is 8.37. The highest BCUT2D eigenvalue weighted by Gasteiger charge is 2.42. The molecule has 1 aromatic carbocycles. The predicted molar refractivity (Wildman–Crippen MR) is 90.1 cm³/mol. The van der Waals surface area contributed by atoms with Gasteiger partial charge in [0.25, 0.3) is 0 Å². The number of aliphatic hydroxyl groups excluding tert-OH is 1. The van der Waals surface area contributed by atoms with E-state index in [1.807, 2.05) is 24.3 Å². The molecule has 134 valence electrons. The van der Waals surface area contributed by atoms with Crippen LogP contribution in [0.4, 0.5) is 0 Å². The van der Waals surface area contributed by atoms with Crippen molar-refractivity contribution < 1.29 is 24.5 Å². The Balaban J connectivity index is 2.08. The van der Waals surface area contributed by atoms with Gasteiger partial charge in [-0.25, -0.2) is 0 Å². The molecule has 1 aromatic rings. The minimum Gasteiger partial charge on any atom is -0.491 e. The van der Waals surface area contributed by atoms with E-state index in [0.717, 1.165) is 24.3 Å². The SMILES string of the molecule is COCC[C@@]1(C(=O)O)CCCN(Cc2ccccc2OCCO)C1. The first-order chi connectivity index (χ1) is 11.6. The van der Waals surface area contributed by atoms with Gasteiger partial charge < -0.3 is 19.7 Å². The minimum atomic E-state index is -0.742. The fourth-order valence-corrected chi connectivity index (χ4v) is 3.32. The van der Waals surface area contributed by atoms with E-state index in [4.69, 9.17) is 14.6 Å². The maximum atomic E-state index is 11.9. The number of carboxylic acid groups (broad SMARTS) is 1. The number of piperidine rings is 1. The summed E-state index contributed by atoms with van der Waals surface area (Å²) < 4.78 is 10.7. The van der Waals surface area contributed by atoms with E-state index in [9.17, 15) is 9.90 Å². The normalized spacial score (nSPS) is 21.6. The Labute approximate surface area is 143 Å². The Kier molecular flexibility index (Phi) is 7.02. The van der Waals surface area contributed by atoms with E-state index in [1.54, 1.807) is 7.11 Å². The van der Waals surface area contributed by atoms with Gasteiger partial charge in [0.05, 0.1) is 12.0 Å². The fraction of sp³-hybridized carbons (Fsp3) is 0.611. The van der Waals surface area contributed by atoms with Crippen LogP contribution in [0.25, 0.3) is 0 Å². The molecule has 0 aromatic heterocycles. The Morgan fingerprint density at radius 1 is 1.33 bits per heavy atom. The predicted octanol–water partition coefficient (Wildman–Crippen LogP) is 1.76. The van der Waals surface area contributed by atoms with Gasteiger partial charge in [0, 0.05) is 32.4 Å². The Hall–Kier alpha value is -1.63. The van der Waals surface area contributed by atoms with Gasteiger partial charge in [-0.15, -0.1) is 0 Å². The average Bonchev–Trinajstić information content (AvgIpc) is 2.59. The number of aliphatic carboxylic acids is 1. The van der Waals surface area contributed by atoms with Crippen LogP contribution in [0.15, 0.2) is 24.3 Å². The number of ether oxygens (including phenoxy) is 2. The van der Waals surface area contributed by atoms with Gasteiger partial charge in [-0.3, -0.25) is 9.69 Å². The fourth-order valence-electron chi connectivity index (χ4n) is 3.32. The lowest BCUT2D eigenvalue weighted by Gasteiger charge is -2.40. The molecule has 0 aliphatic carbocycles. The number of benzene rings is 1. The summed E-state index contributed by atoms with van der Waals surface area (Å²) in [6.07, 6.45) is 2.07. The summed E-state index contributed by atoms with van der Waals surface area (Å²) in [5.41, 5.74) is 0.272. The van der Waals surface area contributed by atoms with Crippen LogP contribution in [0.3, 0.4) is 0 Å². The molecular formula is C18H27NO5. The van der Waals surface area contributed by atoms with E-state index in [-0.39, 0.29) is 13.2 Å². The van der Waals surface area contributed by atoms with Gasteiger partial charge in [-0.05, 0) is 31.9 Å². The smallest absolute Gasteiger partial charge is 0.311 e. The lowest BCUT2D eigenvalue weighted by molar-refractivity contribution is -0.154. The number of aliphatic hydroxyl groups is 1. The molecule has 2 N–H and O–H groups in total. The molecule has 6 heteroatoms. The van der Waals surface area contributed by atoms with Crippen LogP contribution in [0.5, 0.6) is 5.75 Å². The van der Waals surface area contributed by atoms with Crippen LogP contribution in [-0.4, -0.2) is 61.1 Å². The molecule has 1 fully saturated rings. The molecule has 1 atom stereocenters. The monoisotopic (exact) mass is 337 g/mol. The highest BCUT2D eigenvalue weighted by atomic mass is 16.5. The molecule has 2 rings (SSSR count). The summed E-state index contributed by atoms with van der Waals surface area (Å²) in [6.45, 7) is 2.71. The van der Waals surface area contributed by atoms with Crippen molar-refractivity contribution in [3.8, 4) is 5.75 Å². The van der Waals surface area contributed by atoms with Crippen molar-refractivity contribution in [1.29, 1.82) is 0 Å². The van der Waals surface area contributed by atoms with Crippen LogP contribution >= 0.6 is 0 Å². The number of para-hydroxylation sites is 1. The molecule has 6 nitrogen and oxygen atoms in total. The van der Waals surface area contributed by atoms with Crippen molar-refractivity contribution in [2.75, 3.05) is 40.0 Å². The van der Waals surface area contributed by atoms with E-state index in [1.165, 1.54) is 0 Å². The first-order valence-corrected chi connectivity index (χ1v) is 8.37. The quantitative estimate of drug-likeness (QED) is 0.715. The summed E-state index contributed by atoms with van der Waals surface area (Å²) in [5, 5.41) is 18.7. The standard InChI is InChI=1S/C18H27NO5/c1-23-11-8-18(17(21)22)7-4-9-19(14-18)13-15-5-2-3-6-16(15)24-12-10-20/h2-3,5-6,20H,4,7-14H2,1H3,(H,21,22)/t18-/m0/s1. The van der Waals surface area contributed by atoms with Crippen LogP contribution in [0, 0.1) is 5.41 Å². The summed E-state index contributed by atoms with van der Waals surface area (Å²) in [4.78, 5) is 14.0. The van der Waals surface area contributed by atoms with Crippen molar-refractivity contribution in [3.63, 3.8) is 0 Å². The molecule has 0 bridgehead atoms. The third-order valence-electron chi connectivity index (χ3n) is 4.61. The van der Waals surface area contributed by atoms with E-state index < -0.39 is 11.4 Å². The molecule has 0 spiro atoms. The lowest BCUT2D eigenvalue weighted by Crippen LogP contribution is -2.48. The van der Waals surface area contributed by atoms with Crippen LogP contribution < -0.4 is 4.74 Å². The summed E-state index contributed by atoms with van der Waals surface area (Å²) in [6, 6.07) is 7.70. The second-order valence-corrected chi connectivity index (χ2v) is 6.32. The largest absolute Gasteiger partial charge is 0.491 e. The maximum absolute atomic E-state index is 11.9. The number of rotatable bonds is 9. The van der Waals surface area contributed by atoms with Crippen molar-refractivity contribution >= 4 is 5.97 Å². The zero-order valence-electron chi connectivity index (χ0n) is 14.2. The average molecular weight is 337 g/mol. The molecule has 1 saturated heterocycles. The van der Waals surface area contributed by atoms with Gasteiger partial charge in [0.2, 0.25) is 0 Å². The van der Waals surface area contributed by atoms with Crippen LogP contribution in [-0.2, 0) is 16.1 Å². The molecule has 0 saturated carbocycles. The molecule has 0 amide bonds. The molecule has 24 heavy (non-hydrogen) atoms. The number of nitrogens with zero attached hydrogens (tertiary/aromatic N) is 1. The summed E-state index contributed by atoms with van der Waals surface area (Å²) in [7, 11) is 1.60. The van der Waals surface area contributed by atoms with Gasteiger partial charge >= 0.3 is 5.97 Å². The van der Waals surface area contributed by atoms with Crippen molar-refractivity contribution in [3.05, 3.63) is 29.8 Å².